The van der Waals surface area contributed by atoms with Crippen molar-refractivity contribution in [3.8, 4) is 0 Å². The minimum atomic E-state index is -0.480. The second-order valence-electron chi connectivity index (χ2n) is 17.9. The van der Waals surface area contributed by atoms with Crippen molar-refractivity contribution in [1.82, 2.24) is 14.8 Å². The number of rotatable bonds is 9. The fraction of sp³-hybridized carbons (Fsp3) is 0.591. The van der Waals surface area contributed by atoms with Gasteiger partial charge in [0.15, 0.2) is 5.78 Å². The predicted octanol–water partition coefficient (Wildman–Crippen LogP) is 8.00. The summed E-state index contributed by atoms with van der Waals surface area (Å²) in [5.41, 5.74) is 4.34. The normalized spacial score (nSPS) is 33.5. The van der Waals surface area contributed by atoms with E-state index in [1.807, 2.05) is 31.3 Å². The molecule has 0 bridgehead atoms. The molecule has 2 N–H and O–H groups in total. The number of fused-ring (bicyclic) bond motifs is 5. The number of amides is 1. The standard InChI is InChI=1S/C44H53FN6O4/c1-43-17-15-29(52)20-26(43)9-12-30-32-13-14-36(44(32,2)18-16-33(30)43)55-19-5-4-6-37(54)49-28-10-7-25(8-11-28)40-39(42-47-24-48-51(42)3)41-38-31(35(53)23-46-41)21-27(45)22-34(38)50-40/h7-8,10-11,21-22,24,26,30,32-33,36,39-40,50H,4-6,9,12-20,23H2,1-3H3,(H,49,54)/t26-,30-,32-,33-,36?,39?,40+,43-,44-/m0/s1. The molecule has 11 heteroatoms. The van der Waals surface area contributed by atoms with Crippen LogP contribution < -0.4 is 10.6 Å². The van der Waals surface area contributed by atoms with E-state index in [-0.39, 0.29) is 35.6 Å². The average molecular weight is 749 g/mol. The lowest BCUT2D eigenvalue weighted by Gasteiger charge is -2.60. The van der Waals surface area contributed by atoms with Crippen LogP contribution in [0.25, 0.3) is 0 Å². The first-order chi connectivity index (χ1) is 26.5. The van der Waals surface area contributed by atoms with E-state index in [9.17, 15) is 18.8 Å². The van der Waals surface area contributed by atoms with Crippen LogP contribution in [0.3, 0.4) is 0 Å². The number of ketones is 2. The number of aliphatic imine (C=N–C) groups is 1. The van der Waals surface area contributed by atoms with Crippen molar-refractivity contribution in [3.63, 3.8) is 0 Å². The van der Waals surface area contributed by atoms with Crippen molar-refractivity contribution in [2.24, 2.45) is 46.5 Å². The Kier molecular flexibility index (Phi) is 9.29. The van der Waals surface area contributed by atoms with Gasteiger partial charge in [-0.05, 0) is 122 Å². The van der Waals surface area contributed by atoms with Gasteiger partial charge in [-0.2, -0.15) is 5.10 Å². The molecule has 4 fully saturated rings. The van der Waals surface area contributed by atoms with Crippen LogP contribution in [0, 0.1) is 40.3 Å². The number of ether oxygens (including phenoxy) is 1. The fourth-order valence-corrected chi connectivity index (χ4v) is 12.2. The Morgan fingerprint density at radius 1 is 1.02 bits per heavy atom. The molecule has 3 heterocycles. The van der Waals surface area contributed by atoms with Gasteiger partial charge in [0.1, 0.15) is 30.3 Å². The molecule has 3 aromatic rings. The van der Waals surface area contributed by atoms with Gasteiger partial charge in [0.2, 0.25) is 5.91 Å². The van der Waals surface area contributed by atoms with Gasteiger partial charge in [0.05, 0.1) is 23.8 Å². The second-order valence-corrected chi connectivity index (χ2v) is 17.9. The Morgan fingerprint density at radius 3 is 2.64 bits per heavy atom. The number of aryl methyl sites for hydroxylation is 1. The Hall–Kier alpha value is -4.25. The highest BCUT2D eigenvalue weighted by atomic mass is 19.1. The summed E-state index contributed by atoms with van der Waals surface area (Å²) in [7, 11) is 1.82. The van der Waals surface area contributed by atoms with E-state index in [2.05, 4.69) is 39.6 Å². The molecule has 2 unspecified atom stereocenters. The number of aromatic nitrogens is 3. The first kappa shape index (κ1) is 36.4. The fourth-order valence-electron chi connectivity index (χ4n) is 12.2. The molecule has 10 nitrogen and oxygen atoms in total. The first-order valence-electron chi connectivity index (χ1n) is 20.6. The van der Waals surface area contributed by atoms with Crippen LogP contribution in [0.15, 0.2) is 47.7 Å². The maximum Gasteiger partial charge on any atom is 0.224 e. The lowest BCUT2D eigenvalue weighted by Crippen LogP contribution is -2.54. The molecule has 4 saturated carbocycles. The topological polar surface area (TPSA) is 128 Å². The van der Waals surface area contributed by atoms with Crippen molar-refractivity contribution >= 4 is 34.6 Å². The van der Waals surface area contributed by atoms with Gasteiger partial charge >= 0.3 is 0 Å². The molecule has 0 radical (unpaired) electrons. The minimum Gasteiger partial charge on any atom is -0.378 e. The van der Waals surface area contributed by atoms with Crippen LogP contribution in [0.4, 0.5) is 15.8 Å². The van der Waals surface area contributed by atoms with Crippen molar-refractivity contribution in [1.29, 1.82) is 0 Å². The summed E-state index contributed by atoms with van der Waals surface area (Å²) in [5, 5.41) is 10.8. The number of hydrogen-bond acceptors (Lipinski definition) is 8. The molecular formula is C44H53FN6O4. The largest absolute Gasteiger partial charge is 0.378 e. The number of Topliss-reactive ketones (excluding diaryl/α,β-unsaturated/α-hetero) is 2. The molecule has 4 aliphatic carbocycles. The van der Waals surface area contributed by atoms with Gasteiger partial charge in [-0.3, -0.25) is 24.1 Å². The quantitative estimate of drug-likeness (QED) is 0.212. The summed E-state index contributed by atoms with van der Waals surface area (Å²) >= 11 is 0. The van der Waals surface area contributed by atoms with Gasteiger partial charge in [-0.1, -0.05) is 26.0 Å². The summed E-state index contributed by atoms with van der Waals surface area (Å²) in [4.78, 5) is 47.3. The zero-order valence-corrected chi connectivity index (χ0v) is 32.3. The molecule has 2 aromatic carbocycles. The Labute approximate surface area is 322 Å². The van der Waals surface area contributed by atoms with E-state index in [0.29, 0.717) is 76.2 Å². The van der Waals surface area contributed by atoms with Crippen molar-refractivity contribution in [3.05, 3.63) is 71.1 Å². The molecule has 6 aliphatic rings. The van der Waals surface area contributed by atoms with Gasteiger partial charge in [0, 0.05) is 55.4 Å². The van der Waals surface area contributed by atoms with Gasteiger partial charge in [0.25, 0.3) is 0 Å². The maximum absolute atomic E-state index is 14.7. The maximum atomic E-state index is 14.7. The van der Waals surface area contributed by atoms with Crippen LogP contribution in [0.5, 0.6) is 0 Å². The minimum absolute atomic E-state index is 0.0293. The highest BCUT2D eigenvalue weighted by Crippen LogP contribution is 2.66. The molecular weight excluding hydrogens is 696 g/mol. The molecule has 2 aliphatic heterocycles. The van der Waals surface area contributed by atoms with Crippen molar-refractivity contribution < 1.29 is 23.5 Å². The van der Waals surface area contributed by atoms with E-state index in [1.165, 1.54) is 50.6 Å². The molecule has 1 amide bonds. The summed E-state index contributed by atoms with van der Waals surface area (Å²) in [6.07, 6.45) is 13.9. The number of carbonyl (C=O) groups is 3. The third-order valence-electron chi connectivity index (χ3n) is 15.1. The van der Waals surface area contributed by atoms with Gasteiger partial charge in [-0.15, -0.1) is 0 Å². The number of anilines is 2. The molecule has 0 spiro atoms. The Morgan fingerprint density at radius 2 is 1.84 bits per heavy atom. The zero-order valence-electron chi connectivity index (χ0n) is 32.3. The highest BCUT2D eigenvalue weighted by Gasteiger charge is 2.60. The molecule has 9 atom stereocenters. The van der Waals surface area contributed by atoms with E-state index in [0.717, 1.165) is 55.9 Å². The smallest absolute Gasteiger partial charge is 0.224 e. The molecule has 1 aromatic heterocycles. The number of hydrogen-bond donors (Lipinski definition) is 2. The van der Waals surface area contributed by atoms with E-state index in [4.69, 9.17) is 4.74 Å². The Bertz CT molecular complexity index is 2040. The summed E-state index contributed by atoms with van der Waals surface area (Å²) in [5.74, 6) is 2.89. The zero-order chi connectivity index (χ0) is 38.1. The molecule has 290 valence electrons. The number of unbranched alkanes of at least 4 members (excludes halogenated alkanes) is 1. The highest BCUT2D eigenvalue weighted by molar-refractivity contribution is 6.21. The monoisotopic (exact) mass is 748 g/mol. The van der Waals surface area contributed by atoms with E-state index < -0.39 is 5.82 Å². The Balaban J connectivity index is 0.788. The molecule has 0 saturated heterocycles. The average Bonchev–Trinajstić information content (AvgIpc) is 3.74. The van der Waals surface area contributed by atoms with E-state index >= 15 is 0 Å². The third kappa shape index (κ3) is 6.25. The third-order valence-corrected chi connectivity index (χ3v) is 15.1. The lowest BCUT2D eigenvalue weighted by atomic mass is 9.45. The van der Waals surface area contributed by atoms with Crippen LogP contribution in [-0.4, -0.2) is 57.2 Å². The number of halogens is 1. The number of benzene rings is 2. The van der Waals surface area contributed by atoms with Crippen LogP contribution in [-0.2, 0) is 21.4 Å². The predicted molar refractivity (Wildman–Crippen MR) is 208 cm³/mol. The van der Waals surface area contributed by atoms with Crippen LogP contribution in [0.2, 0.25) is 0 Å². The lowest BCUT2D eigenvalue weighted by molar-refractivity contribution is -0.145. The summed E-state index contributed by atoms with van der Waals surface area (Å²) in [6.45, 7) is 5.64. The van der Waals surface area contributed by atoms with Crippen molar-refractivity contribution in [2.75, 3.05) is 23.8 Å². The summed E-state index contributed by atoms with van der Waals surface area (Å²) in [6, 6.07) is 10.0. The van der Waals surface area contributed by atoms with E-state index in [1.54, 1.807) is 4.68 Å². The van der Waals surface area contributed by atoms with Crippen molar-refractivity contribution in [2.45, 2.75) is 109 Å². The molecule has 9 rings (SSSR count). The second kappa shape index (κ2) is 14.0. The van der Waals surface area contributed by atoms with Gasteiger partial charge in [-0.25, -0.2) is 9.37 Å². The SMILES string of the molecule is Cn1ncnc1C1C2=NCC(=O)c3cc(F)cc(c32)N[C@@H]1c1ccc(NC(=O)CCCCOC2CC[C@H]3[C@@H]4CC[C@H]5CC(=O)CC[C@]5(C)[C@H]4CC[C@]23C)cc1. The number of nitrogens with zero attached hydrogens (tertiary/aromatic N) is 4. The van der Waals surface area contributed by atoms with Crippen LogP contribution in [0.1, 0.15) is 130 Å². The van der Waals surface area contributed by atoms with Crippen LogP contribution >= 0.6 is 0 Å². The first-order valence-corrected chi connectivity index (χ1v) is 20.6. The summed E-state index contributed by atoms with van der Waals surface area (Å²) < 4.78 is 23.0. The molecule has 55 heavy (non-hydrogen) atoms. The number of carbonyl (C=O) groups excluding carboxylic acids is 3. The number of nitrogens with one attached hydrogen (secondary N) is 2. The van der Waals surface area contributed by atoms with Gasteiger partial charge < -0.3 is 15.4 Å².